The molecule has 0 aliphatic rings. The summed E-state index contributed by atoms with van der Waals surface area (Å²) in [5.41, 5.74) is 7.02. The maximum atomic E-state index is 8.71. The zero-order valence-electron chi connectivity index (χ0n) is 7.57. The maximum Gasteiger partial charge on any atom is 0.0966 e. The highest BCUT2D eigenvalue weighted by atomic mass is 32.1. The Morgan fingerprint density at radius 1 is 1.50 bits per heavy atom. The van der Waals surface area contributed by atoms with Gasteiger partial charge in [0.2, 0.25) is 0 Å². The van der Waals surface area contributed by atoms with E-state index >= 15 is 0 Å². The molecular weight excluding hydrogens is 212 g/mol. The molecule has 4 heteroatoms. The van der Waals surface area contributed by atoms with E-state index in [1.54, 1.807) is 29.6 Å². The molecule has 2 aromatic rings. The molecule has 2 N–H and O–H groups in total. The van der Waals surface area contributed by atoms with Crippen LogP contribution < -0.4 is 5.73 Å². The Balaban J connectivity index is 2.56. The highest BCUT2D eigenvalue weighted by molar-refractivity contribution is 7.27. The quantitative estimate of drug-likeness (QED) is 0.750. The van der Waals surface area contributed by atoms with Gasteiger partial charge in [0, 0.05) is 9.40 Å². The van der Waals surface area contributed by atoms with Crippen molar-refractivity contribution in [3.63, 3.8) is 0 Å². The van der Waals surface area contributed by atoms with Gasteiger partial charge in [0.15, 0.2) is 0 Å². The summed E-state index contributed by atoms with van der Waals surface area (Å²) in [7, 11) is 0. The van der Waals surface area contributed by atoms with E-state index in [9.17, 15) is 0 Å². The molecular formula is C10H8N2S2. The van der Waals surface area contributed by atoms with Gasteiger partial charge in [0.1, 0.15) is 0 Å². The van der Waals surface area contributed by atoms with E-state index in [1.165, 1.54) is 9.40 Å². The molecule has 0 amide bonds. The number of thiophene rings is 2. The molecule has 0 radical (unpaired) electrons. The summed E-state index contributed by atoms with van der Waals surface area (Å²) in [6.45, 7) is 1.74. The maximum absolute atomic E-state index is 8.71. The van der Waals surface area contributed by atoms with Crippen LogP contribution in [0.3, 0.4) is 0 Å². The number of hydrogen-bond acceptors (Lipinski definition) is 4. The van der Waals surface area contributed by atoms with Crippen molar-refractivity contribution >= 4 is 37.8 Å². The summed E-state index contributed by atoms with van der Waals surface area (Å²) < 4.78 is 2.47. The van der Waals surface area contributed by atoms with Crippen molar-refractivity contribution in [1.29, 1.82) is 5.26 Å². The molecule has 0 unspecified atom stereocenters. The first-order valence-electron chi connectivity index (χ1n) is 4.06. The molecule has 0 bridgehead atoms. The van der Waals surface area contributed by atoms with Crippen molar-refractivity contribution in [3.8, 4) is 6.07 Å². The Morgan fingerprint density at radius 2 is 2.29 bits per heavy atom. The minimum Gasteiger partial charge on any atom is -0.397 e. The Kier molecular flexibility index (Phi) is 2.28. The van der Waals surface area contributed by atoms with E-state index in [1.807, 2.05) is 6.07 Å². The van der Waals surface area contributed by atoms with E-state index in [2.05, 4.69) is 17.5 Å². The van der Waals surface area contributed by atoms with Crippen molar-refractivity contribution in [2.24, 2.45) is 5.73 Å². The van der Waals surface area contributed by atoms with Gasteiger partial charge < -0.3 is 5.73 Å². The predicted molar refractivity (Wildman–Crippen MR) is 62.1 cm³/mol. The molecule has 0 fully saturated rings. The molecule has 0 atom stereocenters. The molecule has 0 aliphatic carbocycles. The summed E-state index contributed by atoms with van der Waals surface area (Å²) >= 11 is 3.33. The third kappa shape index (κ3) is 1.41. The van der Waals surface area contributed by atoms with Gasteiger partial charge in [0.25, 0.3) is 0 Å². The van der Waals surface area contributed by atoms with Gasteiger partial charge in [-0.1, -0.05) is 0 Å². The predicted octanol–water partition coefficient (Wildman–Crippen LogP) is 3.18. The molecule has 0 saturated heterocycles. The Labute approximate surface area is 89.9 Å². The van der Waals surface area contributed by atoms with Crippen molar-refractivity contribution in [2.45, 2.75) is 6.92 Å². The van der Waals surface area contributed by atoms with Crippen LogP contribution in [-0.4, -0.2) is 0 Å². The number of allylic oxidation sites excluding steroid dienone is 1. The largest absolute Gasteiger partial charge is 0.397 e. The van der Waals surface area contributed by atoms with Crippen LogP contribution in [0, 0.1) is 11.3 Å². The van der Waals surface area contributed by atoms with Gasteiger partial charge in [-0.3, -0.25) is 0 Å². The lowest BCUT2D eigenvalue weighted by Crippen LogP contribution is -1.96. The van der Waals surface area contributed by atoms with Gasteiger partial charge in [-0.25, -0.2) is 0 Å². The highest BCUT2D eigenvalue weighted by Gasteiger charge is 2.06. The van der Waals surface area contributed by atoms with Crippen molar-refractivity contribution in [3.05, 3.63) is 28.0 Å². The topological polar surface area (TPSA) is 49.8 Å². The lowest BCUT2D eigenvalue weighted by molar-refractivity contribution is 1.42. The Hall–Kier alpha value is -1.31. The van der Waals surface area contributed by atoms with Crippen LogP contribution in [-0.2, 0) is 0 Å². The van der Waals surface area contributed by atoms with Crippen molar-refractivity contribution in [1.82, 2.24) is 0 Å². The first-order valence-corrected chi connectivity index (χ1v) is 5.76. The second kappa shape index (κ2) is 3.45. The van der Waals surface area contributed by atoms with Gasteiger partial charge in [-0.05, 0) is 24.4 Å². The van der Waals surface area contributed by atoms with E-state index in [0.29, 0.717) is 11.3 Å². The van der Waals surface area contributed by atoms with E-state index < -0.39 is 0 Å². The minimum atomic E-state index is 0.582. The molecule has 0 aliphatic heterocycles. The molecule has 14 heavy (non-hydrogen) atoms. The SMILES string of the molecule is C/C(C#N)=C(/N)c1cc2sccc2s1. The van der Waals surface area contributed by atoms with Gasteiger partial charge >= 0.3 is 0 Å². The van der Waals surface area contributed by atoms with Crippen LogP contribution in [0.2, 0.25) is 0 Å². The summed E-state index contributed by atoms with van der Waals surface area (Å²) in [5, 5.41) is 10.8. The fraction of sp³-hybridized carbons (Fsp3) is 0.100. The number of nitrogens with two attached hydrogens (primary N) is 1. The molecule has 2 nitrogen and oxygen atoms in total. The summed E-state index contributed by atoms with van der Waals surface area (Å²) in [6.07, 6.45) is 0. The Morgan fingerprint density at radius 3 is 2.93 bits per heavy atom. The molecule has 0 aromatic carbocycles. The number of nitriles is 1. The second-order valence-electron chi connectivity index (χ2n) is 2.91. The van der Waals surface area contributed by atoms with Crippen molar-refractivity contribution in [2.75, 3.05) is 0 Å². The zero-order chi connectivity index (χ0) is 10.1. The highest BCUT2D eigenvalue weighted by Crippen LogP contribution is 2.32. The van der Waals surface area contributed by atoms with Crippen LogP contribution in [0.1, 0.15) is 11.8 Å². The third-order valence-electron chi connectivity index (χ3n) is 1.98. The average molecular weight is 220 g/mol. The minimum absolute atomic E-state index is 0.582. The van der Waals surface area contributed by atoms with Crippen molar-refractivity contribution < 1.29 is 0 Å². The average Bonchev–Trinajstić information content (AvgIpc) is 2.74. The summed E-state index contributed by atoms with van der Waals surface area (Å²) in [5.74, 6) is 0. The normalized spacial score (nSPS) is 12.6. The molecule has 2 aromatic heterocycles. The zero-order valence-corrected chi connectivity index (χ0v) is 9.21. The fourth-order valence-corrected chi connectivity index (χ4v) is 3.27. The van der Waals surface area contributed by atoms with Crippen LogP contribution >= 0.6 is 22.7 Å². The van der Waals surface area contributed by atoms with Crippen LogP contribution in [0.15, 0.2) is 23.1 Å². The Bertz CT molecular complexity index is 511. The van der Waals surface area contributed by atoms with Crippen LogP contribution in [0.25, 0.3) is 15.1 Å². The molecule has 0 spiro atoms. The van der Waals surface area contributed by atoms with Crippen LogP contribution in [0.4, 0.5) is 0 Å². The number of rotatable bonds is 1. The first kappa shape index (κ1) is 9.25. The monoisotopic (exact) mass is 220 g/mol. The second-order valence-corrected chi connectivity index (χ2v) is 4.94. The number of hydrogen-bond donors (Lipinski definition) is 1. The molecule has 2 heterocycles. The summed E-state index contributed by atoms with van der Waals surface area (Å²) in [6, 6.07) is 6.18. The third-order valence-corrected chi connectivity index (χ3v) is 4.10. The van der Waals surface area contributed by atoms with E-state index in [0.717, 1.165) is 4.88 Å². The van der Waals surface area contributed by atoms with E-state index in [-0.39, 0.29) is 0 Å². The smallest absolute Gasteiger partial charge is 0.0966 e. The van der Waals surface area contributed by atoms with Crippen LogP contribution in [0.5, 0.6) is 0 Å². The lowest BCUT2D eigenvalue weighted by atomic mass is 10.2. The van der Waals surface area contributed by atoms with Gasteiger partial charge in [0.05, 0.1) is 22.2 Å². The first-order chi connectivity index (χ1) is 6.72. The van der Waals surface area contributed by atoms with Gasteiger partial charge in [-0.2, -0.15) is 5.26 Å². The van der Waals surface area contributed by atoms with E-state index in [4.69, 9.17) is 11.0 Å². The molecule has 2 rings (SSSR count). The van der Waals surface area contributed by atoms with Gasteiger partial charge in [-0.15, -0.1) is 22.7 Å². The molecule has 0 saturated carbocycles. The molecule has 70 valence electrons. The fourth-order valence-electron chi connectivity index (χ4n) is 1.14. The number of fused-ring (bicyclic) bond motifs is 1. The lowest BCUT2D eigenvalue weighted by Gasteiger charge is -1.96. The standard InChI is InChI=1S/C10H8N2S2/c1-6(5-11)10(12)9-4-8-7(14-9)2-3-13-8/h2-4H,12H2,1H3/b10-6-. The summed E-state index contributed by atoms with van der Waals surface area (Å²) in [4.78, 5) is 0.992. The number of nitrogens with zero attached hydrogens (tertiary/aromatic N) is 1.